The van der Waals surface area contributed by atoms with Crippen LogP contribution in [0.5, 0.6) is 0 Å². The first kappa shape index (κ1) is 16.2. The topological polar surface area (TPSA) is 23.5 Å². The number of hydrogen-bond donors (Lipinski definition) is 1. The maximum absolute atomic E-state index is 10.3. The molecule has 0 saturated carbocycles. The molecule has 0 aromatic heterocycles. The van der Waals surface area contributed by atoms with Gasteiger partial charge in [0.1, 0.15) is 0 Å². The van der Waals surface area contributed by atoms with Gasteiger partial charge in [-0.15, -0.1) is 0 Å². The van der Waals surface area contributed by atoms with Crippen LogP contribution in [-0.2, 0) is 6.54 Å². The zero-order valence-electron chi connectivity index (χ0n) is 12.6. The summed E-state index contributed by atoms with van der Waals surface area (Å²) in [4.78, 5) is 2.25. The van der Waals surface area contributed by atoms with Crippen LogP contribution < -0.4 is 0 Å². The average Bonchev–Trinajstić information content (AvgIpc) is 2.45. The van der Waals surface area contributed by atoms with Gasteiger partial charge in [0.2, 0.25) is 0 Å². The zero-order chi connectivity index (χ0) is 15.2. The number of aryl methyl sites for hydroxylation is 1. The minimum absolute atomic E-state index is 0.414. The summed E-state index contributed by atoms with van der Waals surface area (Å²) >= 11 is 3.44. The van der Waals surface area contributed by atoms with Crippen molar-refractivity contribution >= 4 is 15.9 Å². The van der Waals surface area contributed by atoms with Gasteiger partial charge >= 0.3 is 0 Å². The third-order valence-electron chi connectivity index (χ3n) is 3.55. The molecule has 0 amide bonds. The van der Waals surface area contributed by atoms with Gasteiger partial charge in [-0.3, -0.25) is 0 Å². The van der Waals surface area contributed by atoms with E-state index < -0.39 is 6.10 Å². The van der Waals surface area contributed by atoms with Crippen molar-refractivity contribution in [2.75, 3.05) is 13.6 Å². The van der Waals surface area contributed by atoms with Gasteiger partial charge in [0, 0.05) is 17.6 Å². The predicted octanol–water partition coefficient (Wildman–Crippen LogP) is 4.31. The van der Waals surface area contributed by atoms with Gasteiger partial charge in [0.15, 0.2) is 0 Å². The SMILES string of the molecule is Cc1cccc(CN(C)CCC(O)c2cccc(Br)c2)c1. The lowest BCUT2D eigenvalue weighted by Gasteiger charge is -2.19. The first-order valence-electron chi connectivity index (χ1n) is 7.22. The molecule has 1 unspecified atom stereocenters. The van der Waals surface area contributed by atoms with Gasteiger partial charge in [-0.1, -0.05) is 57.9 Å². The molecule has 1 atom stereocenters. The van der Waals surface area contributed by atoms with E-state index in [2.05, 4.69) is 59.1 Å². The van der Waals surface area contributed by atoms with Gasteiger partial charge < -0.3 is 10.0 Å². The van der Waals surface area contributed by atoms with E-state index in [1.54, 1.807) is 0 Å². The van der Waals surface area contributed by atoms with E-state index in [1.165, 1.54) is 11.1 Å². The summed E-state index contributed by atoms with van der Waals surface area (Å²) < 4.78 is 1.01. The molecule has 0 heterocycles. The Hall–Kier alpha value is -1.16. The molecule has 112 valence electrons. The molecular formula is C18H22BrNO. The molecular weight excluding hydrogens is 326 g/mol. The van der Waals surface area contributed by atoms with Crippen LogP contribution in [0, 0.1) is 6.92 Å². The summed E-state index contributed by atoms with van der Waals surface area (Å²) in [6.07, 6.45) is 0.321. The molecule has 3 heteroatoms. The number of nitrogens with zero attached hydrogens (tertiary/aromatic N) is 1. The molecule has 0 saturated heterocycles. The highest BCUT2D eigenvalue weighted by Crippen LogP contribution is 2.21. The van der Waals surface area contributed by atoms with Crippen LogP contribution >= 0.6 is 15.9 Å². The highest BCUT2D eigenvalue weighted by molar-refractivity contribution is 9.10. The third kappa shape index (κ3) is 5.27. The van der Waals surface area contributed by atoms with Gasteiger partial charge in [-0.05, 0) is 43.7 Å². The fraction of sp³-hybridized carbons (Fsp3) is 0.333. The zero-order valence-corrected chi connectivity index (χ0v) is 14.2. The van der Waals surface area contributed by atoms with Crippen molar-refractivity contribution in [2.45, 2.75) is 26.0 Å². The lowest BCUT2D eigenvalue weighted by Crippen LogP contribution is -2.21. The van der Waals surface area contributed by atoms with Gasteiger partial charge in [-0.2, -0.15) is 0 Å². The van der Waals surface area contributed by atoms with Crippen LogP contribution in [0.2, 0.25) is 0 Å². The Kier molecular flexibility index (Phi) is 5.97. The predicted molar refractivity (Wildman–Crippen MR) is 91.2 cm³/mol. The monoisotopic (exact) mass is 347 g/mol. The van der Waals surface area contributed by atoms with Crippen molar-refractivity contribution in [3.8, 4) is 0 Å². The van der Waals surface area contributed by atoms with Crippen molar-refractivity contribution < 1.29 is 5.11 Å². The van der Waals surface area contributed by atoms with E-state index in [-0.39, 0.29) is 0 Å². The highest BCUT2D eigenvalue weighted by Gasteiger charge is 2.09. The standard InChI is InChI=1S/C18H22BrNO/c1-14-5-3-6-15(11-14)13-20(2)10-9-18(21)16-7-4-8-17(19)12-16/h3-8,11-12,18,21H,9-10,13H2,1-2H3. The fourth-order valence-corrected chi connectivity index (χ4v) is 2.84. The van der Waals surface area contributed by atoms with Crippen LogP contribution in [0.3, 0.4) is 0 Å². The number of rotatable bonds is 6. The summed E-state index contributed by atoms with van der Waals surface area (Å²) in [5, 5.41) is 10.3. The summed E-state index contributed by atoms with van der Waals surface area (Å²) in [5.41, 5.74) is 3.57. The van der Waals surface area contributed by atoms with Gasteiger partial charge in [0.05, 0.1) is 6.10 Å². The lowest BCUT2D eigenvalue weighted by atomic mass is 10.1. The normalized spacial score (nSPS) is 12.6. The third-order valence-corrected chi connectivity index (χ3v) is 4.05. The van der Waals surface area contributed by atoms with Gasteiger partial charge in [-0.25, -0.2) is 0 Å². The second-order valence-corrected chi connectivity index (χ2v) is 6.50. The number of aliphatic hydroxyl groups is 1. The Morgan fingerprint density at radius 2 is 1.90 bits per heavy atom. The summed E-state index contributed by atoms with van der Waals surface area (Å²) in [7, 11) is 2.09. The lowest BCUT2D eigenvalue weighted by molar-refractivity contribution is 0.147. The molecule has 2 aromatic carbocycles. The van der Waals surface area contributed by atoms with Crippen molar-refractivity contribution in [1.29, 1.82) is 0 Å². The number of benzene rings is 2. The second kappa shape index (κ2) is 7.74. The minimum atomic E-state index is -0.414. The first-order valence-corrected chi connectivity index (χ1v) is 8.01. The molecule has 0 aliphatic rings. The molecule has 0 radical (unpaired) electrons. The maximum Gasteiger partial charge on any atom is 0.0802 e. The Balaban J connectivity index is 1.85. The van der Waals surface area contributed by atoms with E-state index in [9.17, 15) is 5.11 Å². The molecule has 2 nitrogen and oxygen atoms in total. The molecule has 2 aromatic rings. The van der Waals surface area contributed by atoms with Crippen molar-refractivity contribution in [2.24, 2.45) is 0 Å². The van der Waals surface area contributed by atoms with Crippen molar-refractivity contribution in [1.82, 2.24) is 4.90 Å². The molecule has 0 aliphatic carbocycles. The average molecular weight is 348 g/mol. The quantitative estimate of drug-likeness (QED) is 0.841. The molecule has 0 fully saturated rings. The Morgan fingerprint density at radius 3 is 2.62 bits per heavy atom. The van der Waals surface area contributed by atoms with Crippen molar-refractivity contribution in [3.05, 3.63) is 69.7 Å². The van der Waals surface area contributed by atoms with Gasteiger partial charge in [0.25, 0.3) is 0 Å². The Labute approximate surface area is 135 Å². The van der Waals surface area contributed by atoms with Crippen LogP contribution in [0.4, 0.5) is 0 Å². The summed E-state index contributed by atoms with van der Waals surface area (Å²) in [5.74, 6) is 0. The van der Waals surface area contributed by atoms with E-state index in [0.29, 0.717) is 0 Å². The number of hydrogen-bond acceptors (Lipinski definition) is 2. The van der Waals surface area contributed by atoms with Crippen LogP contribution in [0.25, 0.3) is 0 Å². The molecule has 0 bridgehead atoms. The largest absolute Gasteiger partial charge is 0.388 e. The summed E-state index contributed by atoms with van der Waals surface area (Å²) in [6.45, 7) is 3.88. The first-order chi connectivity index (χ1) is 10.0. The fourth-order valence-electron chi connectivity index (χ4n) is 2.42. The van der Waals surface area contributed by atoms with E-state index >= 15 is 0 Å². The Morgan fingerprint density at radius 1 is 1.14 bits per heavy atom. The smallest absolute Gasteiger partial charge is 0.0802 e. The molecule has 1 N–H and O–H groups in total. The van der Waals surface area contributed by atoms with Crippen LogP contribution in [-0.4, -0.2) is 23.6 Å². The molecule has 0 spiro atoms. The second-order valence-electron chi connectivity index (χ2n) is 5.59. The molecule has 21 heavy (non-hydrogen) atoms. The molecule has 0 aliphatic heterocycles. The molecule has 2 rings (SSSR count). The van der Waals surface area contributed by atoms with Crippen LogP contribution in [0.15, 0.2) is 53.0 Å². The maximum atomic E-state index is 10.3. The van der Waals surface area contributed by atoms with E-state index in [1.807, 2.05) is 24.3 Å². The Bertz CT molecular complexity index is 585. The minimum Gasteiger partial charge on any atom is -0.388 e. The highest BCUT2D eigenvalue weighted by atomic mass is 79.9. The number of aliphatic hydroxyl groups excluding tert-OH is 1. The van der Waals surface area contributed by atoms with E-state index in [0.717, 1.165) is 29.5 Å². The van der Waals surface area contributed by atoms with E-state index in [4.69, 9.17) is 0 Å². The van der Waals surface area contributed by atoms with Crippen LogP contribution in [0.1, 0.15) is 29.2 Å². The van der Waals surface area contributed by atoms with Crippen molar-refractivity contribution in [3.63, 3.8) is 0 Å². The number of halogens is 1. The summed E-state index contributed by atoms with van der Waals surface area (Å²) in [6, 6.07) is 16.4.